The number of carboxylic acid groups (broad SMARTS) is 1. The summed E-state index contributed by atoms with van der Waals surface area (Å²) in [5.74, 6) is -0.136. The quantitative estimate of drug-likeness (QED) is 0.802. The maximum atomic E-state index is 12.1. The predicted molar refractivity (Wildman–Crippen MR) is 64.4 cm³/mol. The molecule has 1 N–H and O–H groups in total. The first kappa shape index (κ1) is 12.3. The molecule has 1 fully saturated rings. The van der Waals surface area contributed by atoms with Gasteiger partial charge in [-0.1, -0.05) is 6.07 Å². The summed E-state index contributed by atoms with van der Waals surface area (Å²) in [6, 6.07) is 5.19. The van der Waals surface area contributed by atoms with Crippen molar-refractivity contribution >= 4 is 12.0 Å². The molecule has 1 aromatic rings. The summed E-state index contributed by atoms with van der Waals surface area (Å²) < 4.78 is 0. The average molecular weight is 249 g/mol. The van der Waals surface area contributed by atoms with Gasteiger partial charge in [0.25, 0.3) is 5.91 Å². The molecule has 0 aromatic carbocycles. The Bertz CT molecular complexity index is 435. The van der Waals surface area contributed by atoms with E-state index < -0.39 is 6.09 Å². The lowest BCUT2D eigenvalue weighted by Crippen LogP contribution is -2.37. The molecule has 2 amide bonds. The van der Waals surface area contributed by atoms with Crippen molar-refractivity contribution in [1.82, 2.24) is 14.8 Å². The van der Waals surface area contributed by atoms with E-state index in [1.165, 1.54) is 4.90 Å². The van der Waals surface area contributed by atoms with Crippen molar-refractivity contribution in [1.29, 1.82) is 0 Å². The van der Waals surface area contributed by atoms with Gasteiger partial charge in [-0.15, -0.1) is 0 Å². The first-order valence-electron chi connectivity index (χ1n) is 5.86. The van der Waals surface area contributed by atoms with Gasteiger partial charge in [0.15, 0.2) is 0 Å². The van der Waals surface area contributed by atoms with Gasteiger partial charge in [0.2, 0.25) is 0 Å². The monoisotopic (exact) mass is 249 g/mol. The van der Waals surface area contributed by atoms with Crippen LogP contribution in [-0.4, -0.2) is 58.1 Å². The highest BCUT2D eigenvalue weighted by Crippen LogP contribution is 2.07. The first-order valence-corrected chi connectivity index (χ1v) is 5.86. The van der Waals surface area contributed by atoms with Crippen LogP contribution in [0.2, 0.25) is 0 Å². The molecule has 6 nitrogen and oxygen atoms in total. The molecule has 1 aliphatic heterocycles. The van der Waals surface area contributed by atoms with Gasteiger partial charge < -0.3 is 14.9 Å². The van der Waals surface area contributed by atoms with E-state index in [0.29, 0.717) is 38.3 Å². The Morgan fingerprint density at radius 3 is 2.50 bits per heavy atom. The molecule has 18 heavy (non-hydrogen) atoms. The summed E-state index contributed by atoms with van der Waals surface area (Å²) >= 11 is 0. The molecule has 0 bridgehead atoms. The van der Waals surface area contributed by atoms with Crippen LogP contribution >= 0.6 is 0 Å². The standard InChI is InChI=1S/C12H15N3O3/c16-11(10-4-1-2-5-13-10)14-6-3-7-15(9-8-14)12(17)18/h1-2,4-5H,3,6-9H2,(H,17,18). The fourth-order valence-electron chi connectivity index (χ4n) is 1.96. The van der Waals surface area contributed by atoms with Gasteiger partial charge in [0.1, 0.15) is 5.69 Å². The van der Waals surface area contributed by atoms with Crippen molar-refractivity contribution < 1.29 is 14.7 Å². The number of pyridine rings is 1. The van der Waals surface area contributed by atoms with Crippen LogP contribution in [0.4, 0.5) is 4.79 Å². The highest BCUT2D eigenvalue weighted by molar-refractivity contribution is 5.92. The zero-order chi connectivity index (χ0) is 13.0. The summed E-state index contributed by atoms with van der Waals surface area (Å²) in [4.78, 5) is 30.0. The minimum atomic E-state index is -0.929. The summed E-state index contributed by atoms with van der Waals surface area (Å²) in [6.45, 7) is 1.82. The highest BCUT2D eigenvalue weighted by atomic mass is 16.4. The minimum absolute atomic E-state index is 0.136. The van der Waals surface area contributed by atoms with Crippen molar-refractivity contribution in [2.75, 3.05) is 26.2 Å². The topological polar surface area (TPSA) is 73.7 Å². The van der Waals surface area contributed by atoms with Crippen LogP contribution in [0, 0.1) is 0 Å². The van der Waals surface area contributed by atoms with Crippen LogP contribution in [0.3, 0.4) is 0 Å². The molecule has 0 saturated carbocycles. The number of aromatic nitrogens is 1. The Labute approximate surface area is 105 Å². The largest absolute Gasteiger partial charge is 0.465 e. The van der Waals surface area contributed by atoms with E-state index in [1.807, 2.05) is 0 Å². The smallest absolute Gasteiger partial charge is 0.407 e. The second kappa shape index (κ2) is 5.48. The molecule has 0 unspecified atom stereocenters. The van der Waals surface area contributed by atoms with E-state index in [2.05, 4.69) is 4.98 Å². The molecule has 0 radical (unpaired) electrons. The SMILES string of the molecule is O=C(O)N1CCCN(C(=O)c2ccccn2)CC1. The third-order valence-electron chi connectivity index (χ3n) is 2.94. The summed E-state index contributed by atoms with van der Waals surface area (Å²) in [6.07, 6.45) is 1.31. The Morgan fingerprint density at radius 1 is 1.11 bits per heavy atom. The molecule has 1 aliphatic rings. The third kappa shape index (κ3) is 2.77. The van der Waals surface area contributed by atoms with E-state index >= 15 is 0 Å². The maximum absolute atomic E-state index is 12.1. The van der Waals surface area contributed by atoms with E-state index in [1.54, 1.807) is 29.3 Å². The van der Waals surface area contributed by atoms with Crippen LogP contribution in [0.1, 0.15) is 16.9 Å². The van der Waals surface area contributed by atoms with Gasteiger partial charge in [-0.3, -0.25) is 9.78 Å². The van der Waals surface area contributed by atoms with Gasteiger partial charge >= 0.3 is 6.09 Å². The molecular formula is C12H15N3O3. The number of hydrogen-bond donors (Lipinski definition) is 1. The predicted octanol–water partition coefficient (Wildman–Crippen LogP) is 0.908. The molecule has 2 heterocycles. The molecule has 96 valence electrons. The van der Waals surface area contributed by atoms with Gasteiger partial charge in [-0.25, -0.2) is 4.79 Å². The summed E-state index contributed by atoms with van der Waals surface area (Å²) in [5.41, 5.74) is 0.404. The Balaban J connectivity index is 2.02. The van der Waals surface area contributed by atoms with Crippen molar-refractivity contribution in [3.63, 3.8) is 0 Å². The number of hydrogen-bond acceptors (Lipinski definition) is 3. The van der Waals surface area contributed by atoms with E-state index in [9.17, 15) is 9.59 Å². The van der Waals surface area contributed by atoms with Crippen molar-refractivity contribution in [3.05, 3.63) is 30.1 Å². The third-order valence-corrected chi connectivity index (χ3v) is 2.94. The van der Waals surface area contributed by atoms with Crippen LogP contribution in [0.5, 0.6) is 0 Å². The molecule has 1 saturated heterocycles. The zero-order valence-corrected chi connectivity index (χ0v) is 9.95. The molecule has 0 spiro atoms. The van der Waals surface area contributed by atoms with Crippen LogP contribution in [0.15, 0.2) is 24.4 Å². The van der Waals surface area contributed by atoms with Crippen molar-refractivity contribution in [2.45, 2.75) is 6.42 Å². The Kier molecular flexibility index (Phi) is 3.76. The fourth-order valence-corrected chi connectivity index (χ4v) is 1.96. The number of nitrogens with zero attached hydrogens (tertiary/aromatic N) is 3. The van der Waals surface area contributed by atoms with Crippen LogP contribution < -0.4 is 0 Å². The number of carbonyl (C=O) groups excluding carboxylic acids is 1. The average Bonchev–Trinajstić information content (AvgIpc) is 2.64. The van der Waals surface area contributed by atoms with Crippen LogP contribution in [0.25, 0.3) is 0 Å². The number of amides is 2. The fraction of sp³-hybridized carbons (Fsp3) is 0.417. The lowest BCUT2D eigenvalue weighted by Gasteiger charge is -2.20. The summed E-state index contributed by atoms with van der Waals surface area (Å²) in [7, 11) is 0. The van der Waals surface area contributed by atoms with Crippen molar-refractivity contribution in [2.24, 2.45) is 0 Å². The molecule has 2 rings (SSSR count). The van der Waals surface area contributed by atoms with Crippen LogP contribution in [-0.2, 0) is 0 Å². The van der Waals surface area contributed by atoms with Crippen molar-refractivity contribution in [3.8, 4) is 0 Å². The van der Waals surface area contributed by atoms with E-state index in [4.69, 9.17) is 5.11 Å². The normalized spacial score (nSPS) is 16.2. The molecule has 0 atom stereocenters. The second-order valence-corrected chi connectivity index (χ2v) is 4.13. The van der Waals surface area contributed by atoms with E-state index in [0.717, 1.165) is 0 Å². The lowest BCUT2D eigenvalue weighted by atomic mass is 10.3. The highest BCUT2D eigenvalue weighted by Gasteiger charge is 2.22. The molecule has 1 aromatic heterocycles. The van der Waals surface area contributed by atoms with E-state index in [-0.39, 0.29) is 5.91 Å². The molecule has 6 heteroatoms. The number of rotatable bonds is 1. The van der Waals surface area contributed by atoms with Gasteiger partial charge in [-0.2, -0.15) is 0 Å². The lowest BCUT2D eigenvalue weighted by molar-refractivity contribution is 0.0753. The minimum Gasteiger partial charge on any atom is -0.465 e. The first-order chi connectivity index (χ1) is 8.68. The Hall–Kier alpha value is -2.11. The second-order valence-electron chi connectivity index (χ2n) is 4.13. The van der Waals surface area contributed by atoms with Gasteiger partial charge in [-0.05, 0) is 18.6 Å². The summed E-state index contributed by atoms with van der Waals surface area (Å²) in [5, 5.41) is 8.92. The molecular weight excluding hydrogens is 234 g/mol. The van der Waals surface area contributed by atoms with Gasteiger partial charge in [0, 0.05) is 32.4 Å². The Morgan fingerprint density at radius 2 is 1.83 bits per heavy atom. The van der Waals surface area contributed by atoms with Gasteiger partial charge in [0.05, 0.1) is 0 Å². The zero-order valence-electron chi connectivity index (χ0n) is 9.95. The number of carbonyl (C=O) groups is 2. The maximum Gasteiger partial charge on any atom is 0.407 e. The molecule has 0 aliphatic carbocycles.